The van der Waals surface area contributed by atoms with Gasteiger partial charge >= 0.3 is 0 Å². The molecule has 0 amide bonds. The lowest BCUT2D eigenvalue weighted by Gasteiger charge is -2.46. The van der Waals surface area contributed by atoms with Gasteiger partial charge in [0, 0.05) is 5.92 Å². The van der Waals surface area contributed by atoms with Crippen molar-refractivity contribution in [1.29, 1.82) is 0 Å². The molecule has 5 atom stereocenters. The van der Waals surface area contributed by atoms with Gasteiger partial charge in [0.15, 0.2) is 0 Å². The highest BCUT2D eigenvalue weighted by atomic mass is 16.5. The Kier molecular flexibility index (Phi) is 2.62. The van der Waals surface area contributed by atoms with Crippen LogP contribution < -0.4 is 0 Å². The number of furan rings is 1. The van der Waals surface area contributed by atoms with Crippen molar-refractivity contribution in [3.8, 4) is 0 Å². The first-order valence-electron chi connectivity index (χ1n) is 6.52. The molecule has 5 unspecified atom stereocenters. The molecule has 1 saturated heterocycles. The fourth-order valence-corrected chi connectivity index (χ4v) is 3.66. The molecule has 2 heterocycles. The van der Waals surface area contributed by atoms with Gasteiger partial charge in [0.2, 0.25) is 0 Å². The van der Waals surface area contributed by atoms with E-state index in [2.05, 4.69) is 26.8 Å². The third-order valence-corrected chi connectivity index (χ3v) is 4.59. The van der Waals surface area contributed by atoms with Crippen molar-refractivity contribution < 1.29 is 9.15 Å². The van der Waals surface area contributed by atoms with Crippen LogP contribution in [0.1, 0.15) is 32.6 Å². The van der Waals surface area contributed by atoms with Crippen molar-refractivity contribution in [3.05, 3.63) is 35.8 Å². The second kappa shape index (κ2) is 4.02. The molecule has 0 N–H and O–H groups in total. The third-order valence-electron chi connectivity index (χ3n) is 4.59. The van der Waals surface area contributed by atoms with Gasteiger partial charge in [0.25, 0.3) is 0 Å². The standard InChI is InChI=1S/C15H20O2/c1-9-7-10(2)14-11(3)12(9)8-17-15(14)13-5-4-6-16-13/h4-7,9,11-12,14-15H,8H2,1-3H3. The molecule has 1 aliphatic heterocycles. The van der Waals surface area contributed by atoms with E-state index in [1.54, 1.807) is 6.26 Å². The zero-order chi connectivity index (χ0) is 12.0. The maximum Gasteiger partial charge on any atom is 0.133 e. The molecule has 2 aliphatic rings. The Balaban J connectivity index is 1.97. The van der Waals surface area contributed by atoms with Gasteiger partial charge in [-0.25, -0.2) is 0 Å². The van der Waals surface area contributed by atoms with E-state index in [4.69, 9.17) is 9.15 Å². The van der Waals surface area contributed by atoms with Crippen molar-refractivity contribution in [2.75, 3.05) is 6.61 Å². The van der Waals surface area contributed by atoms with Crippen LogP contribution in [0, 0.1) is 23.7 Å². The third kappa shape index (κ3) is 1.66. The maximum absolute atomic E-state index is 6.07. The van der Waals surface area contributed by atoms with Crippen LogP contribution in [0.3, 0.4) is 0 Å². The van der Waals surface area contributed by atoms with Gasteiger partial charge in [-0.1, -0.05) is 25.5 Å². The molecule has 1 aromatic rings. The summed E-state index contributed by atoms with van der Waals surface area (Å²) in [6, 6.07) is 3.98. The SMILES string of the molecule is CC1=CC(C)C2COC(c3ccco3)C1C2C. The molecule has 17 heavy (non-hydrogen) atoms. The number of ether oxygens (including phenoxy) is 1. The molecule has 0 spiro atoms. The van der Waals surface area contributed by atoms with E-state index in [1.165, 1.54) is 5.57 Å². The van der Waals surface area contributed by atoms with E-state index in [0.29, 0.717) is 23.7 Å². The van der Waals surface area contributed by atoms with Crippen LogP contribution in [0.25, 0.3) is 0 Å². The normalized spacial score (nSPS) is 41.1. The average Bonchev–Trinajstić information content (AvgIpc) is 2.78. The molecule has 0 saturated carbocycles. The minimum Gasteiger partial charge on any atom is -0.467 e. The van der Waals surface area contributed by atoms with Crippen molar-refractivity contribution in [2.24, 2.45) is 23.7 Å². The maximum atomic E-state index is 6.07. The zero-order valence-electron chi connectivity index (χ0n) is 10.7. The van der Waals surface area contributed by atoms with Crippen molar-refractivity contribution in [3.63, 3.8) is 0 Å². The fraction of sp³-hybridized carbons (Fsp3) is 0.600. The second-order valence-electron chi connectivity index (χ2n) is 5.59. The van der Waals surface area contributed by atoms with Crippen molar-refractivity contribution >= 4 is 0 Å². The largest absolute Gasteiger partial charge is 0.467 e. The monoisotopic (exact) mass is 232 g/mol. The van der Waals surface area contributed by atoms with E-state index < -0.39 is 0 Å². The molecule has 2 nitrogen and oxygen atoms in total. The van der Waals surface area contributed by atoms with Gasteiger partial charge in [0.05, 0.1) is 12.9 Å². The van der Waals surface area contributed by atoms with Gasteiger partial charge in [-0.2, -0.15) is 0 Å². The first kappa shape index (κ1) is 11.1. The minimum atomic E-state index is 0.111. The van der Waals surface area contributed by atoms with Gasteiger partial charge < -0.3 is 9.15 Å². The molecule has 0 radical (unpaired) electrons. The molecule has 1 fully saturated rings. The Bertz CT molecular complexity index is 418. The lowest BCUT2D eigenvalue weighted by Crippen LogP contribution is -2.42. The lowest BCUT2D eigenvalue weighted by atomic mass is 9.65. The van der Waals surface area contributed by atoms with Crippen LogP contribution in [0.15, 0.2) is 34.5 Å². The Morgan fingerprint density at radius 1 is 1.29 bits per heavy atom. The molecule has 1 aliphatic carbocycles. The van der Waals surface area contributed by atoms with Crippen LogP contribution in [0.2, 0.25) is 0 Å². The van der Waals surface area contributed by atoms with E-state index in [0.717, 1.165) is 12.4 Å². The van der Waals surface area contributed by atoms with E-state index in [1.807, 2.05) is 12.1 Å². The zero-order valence-corrected chi connectivity index (χ0v) is 10.7. The van der Waals surface area contributed by atoms with Gasteiger partial charge in [-0.15, -0.1) is 0 Å². The number of hydrogen-bond donors (Lipinski definition) is 0. The molecular formula is C15H20O2. The highest BCUT2D eigenvalue weighted by Crippen LogP contribution is 2.49. The summed E-state index contributed by atoms with van der Waals surface area (Å²) in [4.78, 5) is 0. The predicted molar refractivity (Wildman–Crippen MR) is 66.5 cm³/mol. The topological polar surface area (TPSA) is 22.4 Å². The van der Waals surface area contributed by atoms with E-state index in [9.17, 15) is 0 Å². The molecule has 3 rings (SSSR count). The quantitative estimate of drug-likeness (QED) is 0.687. The van der Waals surface area contributed by atoms with Crippen LogP contribution >= 0.6 is 0 Å². The van der Waals surface area contributed by atoms with E-state index >= 15 is 0 Å². The predicted octanol–water partition coefficient (Wildman–Crippen LogP) is 3.82. The van der Waals surface area contributed by atoms with Gasteiger partial charge in [-0.05, 0) is 36.8 Å². The Labute approximate surface area is 103 Å². The van der Waals surface area contributed by atoms with Crippen molar-refractivity contribution in [2.45, 2.75) is 26.9 Å². The van der Waals surface area contributed by atoms with Crippen molar-refractivity contribution in [1.82, 2.24) is 0 Å². The summed E-state index contributed by atoms with van der Waals surface area (Å²) in [7, 11) is 0. The molecular weight excluding hydrogens is 212 g/mol. The molecule has 92 valence electrons. The summed E-state index contributed by atoms with van der Waals surface area (Å²) in [6.45, 7) is 7.75. The number of allylic oxidation sites excluding steroid dienone is 1. The summed E-state index contributed by atoms with van der Waals surface area (Å²) in [6.07, 6.45) is 4.27. The van der Waals surface area contributed by atoms with Crippen LogP contribution in [0.5, 0.6) is 0 Å². The molecule has 2 heteroatoms. The first-order chi connectivity index (χ1) is 8.18. The van der Waals surface area contributed by atoms with Crippen LogP contribution in [0.4, 0.5) is 0 Å². The first-order valence-corrected chi connectivity index (χ1v) is 6.52. The summed E-state index contributed by atoms with van der Waals surface area (Å²) in [5.41, 5.74) is 1.46. The summed E-state index contributed by atoms with van der Waals surface area (Å²) < 4.78 is 11.6. The second-order valence-corrected chi connectivity index (χ2v) is 5.59. The van der Waals surface area contributed by atoms with Crippen LogP contribution in [-0.2, 0) is 4.74 Å². The smallest absolute Gasteiger partial charge is 0.133 e. The number of rotatable bonds is 1. The fourth-order valence-electron chi connectivity index (χ4n) is 3.66. The van der Waals surface area contributed by atoms with Crippen LogP contribution in [-0.4, -0.2) is 6.61 Å². The Morgan fingerprint density at radius 2 is 2.12 bits per heavy atom. The van der Waals surface area contributed by atoms with Gasteiger partial charge in [0.1, 0.15) is 11.9 Å². The minimum absolute atomic E-state index is 0.111. The molecule has 1 aromatic heterocycles. The van der Waals surface area contributed by atoms with E-state index in [-0.39, 0.29) is 6.10 Å². The highest BCUT2D eigenvalue weighted by Gasteiger charge is 2.44. The van der Waals surface area contributed by atoms with Gasteiger partial charge in [-0.3, -0.25) is 0 Å². The summed E-state index contributed by atoms with van der Waals surface area (Å²) >= 11 is 0. The summed E-state index contributed by atoms with van der Waals surface area (Å²) in [5, 5.41) is 0. The average molecular weight is 232 g/mol. The number of hydrogen-bond acceptors (Lipinski definition) is 2. The lowest BCUT2D eigenvalue weighted by molar-refractivity contribution is -0.101. The number of fused-ring (bicyclic) bond motifs is 2. The summed E-state index contributed by atoms with van der Waals surface area (Å²) in [5.74, 6) is 3.44. The highest BCUT2D eigenvalue weighted by molar-refractivity contribution is 5.20. The molecule has 2 bridgehead atoms. The Hall–Kier alpha value is -1.02. The molecule has 0 aromatic carbocycles. The Morgan fingerprint density at radius 3 is 2.82 bits per heavy atom.